The van der Waals surface area contributed by atoms with Crippen LogP contribution in [-0.4, -0.2) is 31.3 Å². The molecule has 33 heavy (non-hydrogen) atoms. The number of carbonyl (C=O) groups excluding carboxylic acids is 3. The van der Waals surface area contributed by atoms with E-state index in [1.165, 1.54) is 12.1 Å². The van der Waals surface area contributed by atoms with E-state index in [1.54, 1.807) is 18.0 Å². The number of aryl methyl sites for hydroxylation is 1. The topological polar surface area (TPSA) is 78.5 Å². The molecule has 3 amide bonds. The molecule has 2 N–H and O–H groups in total. The van der Waals surface area contributed by atoms with E-state index in [1.807, 2.05) is 37.3 Å². The van der Waals surface area contributed by atoms with Crippen LogP contribution in [0.3, 0.4) is 0 Å². The van der Waals surface area contributed by atoms with Gasteiger partial charge in [0.2, 0.25) is 17.7 Å². The Hall–Kier alpha value is -3.19. The molecule has 8 heteroatoms. The zero-order valence-electron chi connectivity index (χ0n) is 18.7. The Bertz CT molecular complexity index is 1070. The minimum atomic E-state index is -0.790. The van der Waals surface area contributed by atoms with Gasteiger partial charge in [-0.15, -0.1) is 0 Å². The van der Waals surface area contributed by atoms with Gasteiger partial charge in [-0.1, -0.05) is 29.8 Å². The molecule has 0 spiro atoms. The number of carbonyl (C=O) groups is 3. The van der Waals surface area contributed by atoms with E-state index in [-0.39, 0.29) is 29.3 Å². The zero-order chi connectivity index (χ0) is 24.0. The second kappa shape index (κ2) is 11.1. The van der Waals surface area contributed by atoms with E-state index in [9.17, 15) is 18.8 Å². The van der Waals surface area contributed by atoms with Gasteiger partial charge in [-0.2, -0.15) is 0 Å². The quantitative estimate of drug-likeness (QED) is 0.571. The lowest BCUT2D eigenvalue weighted by atomic mass is 10.1. The van der Waals surface area contributed by atoms with Gasteiger partial charge in [0.15, 0.2) is 0 Å². The Morgan fingerprint density at radius 3 is 2.76 bits per heavy atom. The fourth-order valence-corrected chi connectivity index (χ4v) is 3.97. The lowest BCUT2D eigenvalue weighted by Crippen LogP contribution is -2.36. The maximum atomic E-state index is 13.5. The first-order valence-electron chi connectivity index (χ1n) is 10.8. The van der Waals surface area contributed by atoms with Crippen molar-refractivity contribution in [2.45, 2.75) is 32.7 Å². The van der Waals surface area contributed by atoms with Crippen molar-refractivity contribution in [2.24, 2.45) is 5.92 Å². The molecule has 1 aliphatic heterocycles. The molecule has 174 valence electrons. The first-order valence-corrected chi connectivity index (χ1v) is 11.2. The van der Waals surface area contributed by atoms with Gasteiger partial charge in [0.05, 0.1) is 0 Å². The van der Waals surface area contributed by atoms with Crippen LogP contribution in [0.1, 0.15) is 36.0 Å². The molecular weight excluding hydrogens is 445 g/mol. The SMILES string of the molecule is CNC(=O)CC/C=C\c1cc(N2CCC(C(=O)NCc3cc(F)cc(Cl)c3)C2=O)ccc1C. The molecule has 0 saturated carbocycles. The molecule has 1 saturated heterocycles. The summed E-state index contributed by atoms with van der Waals surface area (Å²) in [6.45, 7) is 2.50. The predicted octanol–water partition coefficient (Wildman–Crippen LogP) is 4.00. The largest absolute Gasteiger partial charge is 0.359 e. The van der Waals surface area contributed by atoms with Gasteiger partial charge in [-0.25, -0.2) is 4.39 Å². The van der Waals surface area contributed by atoms with Crippen LogP contribution in [0.25, 0.3) is 6.08 Å². The van der Waals surface area contributed by atoms with Crippen LogP contribution in [0.5, 0.6) is 0 Å². The monoisotopic (exact) mass is 471 g/mol. The van der Waals surface area contributed by atoms with Crippen LogP contribution in [-0.2, 0) is 20.9 Å². The Morgan fingerprint density at radius 1 is 1.24 bits per heavy atom. The highest BCUT2D eigenvalue weighted by atomic mass is 35.5. The van der Waals surface area contributed by atoms with Gasteiger partial charge in [-0.3, -0.25) is 14.4 Å². The van der Waals surface area contributed by atoms with Crippen molar-refractivity contribution in [3.8, 4) is 0 Å². The fourth-order valence-electron chi connectivity index (χ4n) is 3.73. The second-order valence-corrected chi connectivity index (χ2v) is 8.42. The first-order chi connectivity index (χ1) is 15.8. The molecule has 3 rings (SSSR count). The Kier molecular flexibility index (Phi) is 8.22. The number of anilines is 1. The highest BCUT2D eigenvalue weighted by Gasteiger charge is 2.37. The smallest absolute Gasteiger partial charge is 0.239 e. The lowest BCUT2D eigenvalue weighted by molar-refractivity contribution is -0.132. The highest BCUT2D eigenvalue weighted by Crippen LogP contribution is 2.28. The number of allylic oxidation sites excluding steroid dienone is 1. The van der Waals surface area contributed by atoms with Crippen molar-refractivity contribution in [2.75, 3.05) is 18.5 Å². The Balaban J connectivity index is 1.63. The molecule has 0 aliphatic carbocycles. The van der Waals surface area contributed by atoms with Gasteiger partial charge >= 0.3 is 0 Å². The molecule has 1 atom stereocenters. The molecule has 1 unspecified atom stereocenters. The zero-order valence-corrected chi connectivity index (χ0v) is 19.4. The summed E-state index contributed by atoms with van der Waals surface area (Å²) in [7, 11) is 1.61. The summed E-state index contributed by atoms with van der Waals surface area (Å²) in [4.78, 5) is 38.5. The summed E-state index contributed by atoms with van der Waals surface area (Å²) in [5.74, 6) is -1.93. The van der Waals surface area contributed by atoms with Gasteiger partial charge in [0.25, 0.3) is 0 Å². The number of hydrogen-bond acceptors (Lipinski definition) is 3. The first kappa shape index (κ1) is 24.5. The van der Waals surface area contributed by atoms with Crippen molar-refractivity contribution in [1.29, 1.82) is 0 Å². The molecule has 1 aliphatic rings. The average molecular weight is 472 g/mol. The molecular formula is C25H27ClFN3O3. The third-order valence-corrected chi connectivity index (χ3v) is 5.82. The number of benzene rings is 2. The van der Waals surface area contributed by atoms with E-state index in [4.69, 9.17) is 11.6 Å². The van der Waals surface area contributed by atoms with Crippen molar-refractivity contribution >= 4 is 41.1 Å². The molecule has 2 aromatic carbocycles. The normalized spacial score (nSPS) is 15.8. The third-order valence-electron chi connectivity index (χ3n) is 5.60. The maximum absolute atomic E-state index is 13.5. The summed E-state index contributed by atoms with van der Waals surface area (Å²) in [5, 5.41) is 5.55. The summed E-state index contributed by atoms with van der Waals surface area (Å²) in [6, 6.07) is 9.78. The van der Waals surface area contributed by atoms with Crippen molar-refractivity contribution in [3.63, 3.8) is 0 Å². The number of rotatable bonds is 8. The minimum absolute atomic E-state index is 0.0161. The maximum Gasteiger partial charge on any atom is 0.239 e. The van der Waals surface area contributed by atoms with Crippen LogP contribution >= 0.6 is 11.6 Å². The van der Waals surface area contributed by atoms with Crippen molar-refractivity contribution in [3.05, 3.63) is 70.0 Å². The predicted molar refractivity (Wildman–Crippen MR) is 127 cm³/mol. The van der Waals surface area contributed by atoms with E-state index >= 15 is 0 Å². The summed E-state index contributed by atoms with van der Waals surface area (Å²) in [5.41, 5.74) is 3.25. The van der Waals surface area contributed by atoms with Crippen molar-refractivity contribution in [1.82, 2.24) is 10.6 Å². The Morgan fingerprint density at radius 2 is 2.03 bits per heavy atom. The molecule has 0 radical (unpaired) electrons. The number of hydrogen-bond donors (Lipinski definition) is 2. The highest BCUT2D eigenvalue weighted by molar-refractivity contribution is 6.30. The minimum Gasteiger partial charge on any atom is -0.359 e. The van der Waals surface area contributed by atoms with Crippen LogP contribution in [0.4, 0.5) is 10.1 Å². The van der Waals surface area contributed by atoms with Gasteiger partial charge in [0.1, 0.15) is 11.7 Å². The summed E-state index contributed by atoms with van der Waals surface area (Å²) < 4.78 is 13.5. The third kappa shape index (κ3) is 6.42. The average Bonchev–Trinajstić information content (AvgIpc) is 3.16. The molecule has 6 nitrogen and oxygen atoms in total. The van der Waals surface area contributed by atoms with E-state index < -0.39 is 11.7 Å². The number of nitrogens with one attached hydrogen (secondary N) is 2. The molecule has 2 aromatic rings. The molecule has 1 heterocycles. The standard InChI is InChI=1S/C25H27ClFN3O3/c1-16-7-8-21(13-18(16)5-3-4-6-23(31)28-2)30-10-9-22(25(30)33)24(32)29-15-17-11-19(26)14-20(27)12-17/h3,5,7-8,11-14,22H,4,6,9-10,15H2,1-2H3,(H,28,31)(H,29,32)/b5-3-. The van der Waals surface area contributed by atoms with Crippen LogP contribution < -0.4 is 15.5 Å². The number of nitrogens with zero attached hydrogens (tertiary/aromatic N) is 1. The Labute approximate surface area is 197 Å². The van der Waals surface area contributed by atoms with Crippen molar-refractivity contribution < 1.29 is 18.8 Å². The van der Waals surface area contributed by atoms with Gasteiger partial charge < -0.3 is 15.5 Å². The van der Waals surface area contributed by atoms with Gasteiger partial charge in [0, 0.05) is 37.3 Å². The van der Waals surface area contributed by atoms with Crippen LogP contribution in [0.15, 0.2) is 42.5 Å². The van der Waals surface area contributed by atoms with E-state index in [0.717, 1.165) is 16.8 Å². The molecule has 1 fully saturated rings. The fraction of sp³-hybridized carbons (Fsp3) is 0.320. The molecule has 0 aromatic heterocycles. The summed E-state index contributed by atoms with van der Waals surface area (Å²) >= 11 is 5.85. The number of amides is 3. The lowest BCUT2D eigenvalue weighted by Gasteiger charge is -2.18. The molecule has 0 bridgehead atoms. The summed E-state index contributed by atoms with van der Waals surface area (Å²) in [6.07, 6.45) is 5.30. The van der Waals surface area contributed by atoms with Crippen LogP contribution in [0.2, 0.25) is 5.02 Å². The van der Waals surface area contributed by atoms with Gasteiger partial charge in [-0.05, 0) is 66.8 Å². The van der Waals surface area contributed by atoms with E-state index in [2.05, 4.69) is 10.6 Å². The van der Waals surface area contributed by atoms with Crippen LogP contribution in [0, 0.1) is 18.7 Å². The second-order valence-electron chi connectivity index (χ2n) is 7.98. The number of halogens is 2. The van der Waals surface area contributed by atoms with E-state index in [0.29, 0.717) is 31.4 Å².